The van der Waals surface area contributed by atoms with Gasteiger partial charge in [0.15, 0.2) is 0 Å². The van der Waals surface area contributed by atoms with Crippen molar-refractivity contribution in [3.63, 3.8) is 0 Å². The Morgan fingerprint density at radius 3 is 2.67 bits per heavy atom. The van der Waals surface area contributed by atoms with Crippen LogP contribution < -0.4 is 0 Å². The number of alkyl halides is 3. The molecule has 0 atom stereocenters. The van der Waals surface area contributed by atoms with Crippen LogP contribution in [0.5, 0.6) is 0 Å². The minimum absolute atomic E-state index is 0.0802. The van der Waals surface area contributed by atoms with Gasteiger partial charge in [0.05, 0.1) is 18.0 Å². The molecule has 0 saturated heterocycles. The molecule has 1 aromatic rings. The van der Waals surface area contributed by atoms with Crippen LogP contribution in [0.15, 0.2) is 12.1 Å². The molecule has 1 rings (SSSR count). The molecule has 0 radical (unpaired) electrons. The highest BCUT2D eigenvalue weighted by Crippen LogP contribution is 2.19. The largest absolute Gasteiger partial charge is 0.481 e. The van der Waals surface area contributed by atoms with Gasteiger partial charge in [0.2, 0.25) is 0 Å². The summed E-state index contributed by atoms with van der Waals surface area (Å²) >= 11 is 5.49. The smallest absolute Gasteiger partial charge is 0.307 e. The SMILES string of the molecule is O=C(O)Cc1ccc(C(F)F)nc1CCl. The Hall–Kier alpha value is -1.23. The first-order valence-corrected chi connectivity index (χ1v) is 4.62. The second-order valence-electron chi connectivity index (χ2n) is 2.85. The predicted octanol–water partition coefficient (Wildman–Crippen LogP) is 2.39. The van der Waals surface area contributed by atoms with E-state index in [1.807, 2.05) is 0 Å². The number of aromatic nitrogens is 1. The molecule has 1 N–H and O–H groups in total. The van der Waals surface area contributed by atoms with Crippen LogP contribution in [0.2, 0.25) is 0 Å². The van der Waals surface area contributed by atoms with Gasteiger partial charge in [-0.2, -0.15) is 0 Å². The van der Waals surface area contributed by atoms with E-state index in [0.29, 0.717) is 5.56 Å². The second-order valence-corrected chi connectivity index (χ2v) is 3.11. The first-order valence-electron chi connectivity index (χ1n) is 4.09. The van der Waals surface area contributed by atoms with Crippen molar-refractivity contribution in [2.75, 3.05) is 0 Å². The topological polar surface area (TPSA) is 50.2 Å². The van der Waals surface area contributed by atoms with Crippen LogP contribution in [-0.2, 0) is 17.1 Å². The minimum Gasteiger partial charge on any atom is -0.481 e. The zero-order chi connectivity index (χ0) is 11.4. The molecule has 0 unspecified atom stereocenters. The number of carbonyl (C=O) groups is 1. The van der Waals surface area contributed by atoms with Gasteiger partial charge in [-0.15, -0.1) is 11.6 Å². The molecular formula is C9H8ClF2NO2. The Balaban J connectivity index is 3.03. The standard InChI is InChI=1S/C9H8ClF2NO2/c10-4-7-5(3-8(14)15)1-2-6(13-7)9(11)12/h1-2,9H,3-4H2,(H,14,15). The summed E-state index contributed by atoms with van der Waals surface area (Å²) in [6.07, 6.45) is -2.94. The first kappa shape index (κ1) is 11.8. The van der Waals surface area contributed by atoms with E-state index >= 15 is 0 Å². The van der Waals surface area contributed by atoms with E-state index < -0.39 is 12.4 Å². The van der Waals surface area contributed by atoms with Gasteiger partial charge >= 0.3 is 5.97 Å². The van der Waals surface area contributed by atoms with Crippen molar-refractivity contribution in [1.29, 1.82) is 0 Å². The van der Waals surface area contributed by atoms with Crippen LogP contribution in [0, 0.1) is 0 Å². The van der Waals surface area contributed by atoms with E-state index in [9.17, 15) is 13.6 Å². The third kappa shape index (κ3) is 3.13. The summed E-state index contributed by atoms with van der Waals surface area (Å²) in [7, 11) is 0. The molecule has 0 aromatic carbocycles. The Morgan fingerprint density at radius 2 is 2.20 bits per heavy atom. The maximum atomic E-state index is 12.3. The molecule has 0 aliphatic carbocycles. The molecule has 6 heteroatoms. The predicted molar refractivity (Wildman–Crippen MR) is 50.1 cm³/mol. The molecule has 0 amide bonds. The van der Waals surface area contributed by atoms with Crippen LogP contribution in [0.4, 0.5) is 8.78 Å². The number of carboxylic acid groups (broad SMARTS) is 1. The molecular weight excluding hydrogens is 228 g/mol. The normalized spacial score (nSPS) is 10.7. The molecule has 1 heterocycles. The monoisotopic (exact) mass is 235 g/mol. The molecule has 0 spiro atoms. The Kier molecular flexibility index (Phi) is 3.96. The third-order valence-electron chi connectivity index (χ3n) is 1.78. The van der Waals surface area contributed by atoms with Crippen LogP contribution in [-0.4, -0.2) is 16.1 Å². The van der Waals surface area contributed by atoms with E-state index in [-0.39, 0.29) is 23.7 Å². The quantitative estimate of drug-likeness (QED) is 0.816. The summed E-state index contributed by atoms with van der Waals surface area (Å²) in [5, 5.41) is 8.55. The van der Waals surface area contributed by atoms with Gasteiger partial charge in [-0.05, 0) is 11.6 Å². The van der Waals surface area contributed by atoms with Gasteiger partial charge in [0.1, 0.15) is 5.69 Å². The molecule has 0 fully saturated rings. The summed E-state index contributed by atoms with van der Waals surface area (Å²) in [6, 6.07) is 2.43. The second kappa shape index (κ2) is 5.02. The lowest BCUT2D eigenvalue weighted by atomic mass is 10.1. The molecule has 3 nitrogen and oxygen atoms in total. The fourth-order valence-corrected chi connectivity index (χ4v) is 1.34. The maximum Gasteiger partial charge on any atom is 0.307 e. The molecule has 15 heavy (non-hydrogen) atoms. The van der Waals surface area contributed by atoms with Gasteiger partial charge in [0, 0.05) is 0 Å². The van der Waals surface area contributed by atoms with Crippen molar-refractivity contribution < 1.29 is 18.7 Å². The van der Waals surface area contributed by atoms with Gasteiger partial charge in [-0.1, -0.05) is 6.07 Å². The lowest BCUT2D eigenvalue weighted by Crippen LogP contribution is -2.06. The van der Waals surface area contributed by atoms with Gasteiger partial charge < -0.3 is 5.11 Å². The molecule has 0 aliphatic heterocycles. The highest BCUT2D eigenvalue weighted by molar-refractivity contribution is 6.17. The number of carboxylic acids is 1. The summed E-state index contributed by atoms with van der Waals surface area (Å²) in [4.78, 5) is 14.0. The molecule has 1 aromatic heterocycles. The Labute approximate surface area is 89.7 Å². The fraction of sp³-hybridized carbons (Fsp3) is 0.333. The first-order chi connectivity index (χ1) is 7.04. The van der Waals surface area contributed by atoms with Crippen molar-refractivity contribution in [3.8, 4) is 0 Å². The third-order valence-corrected chi connectivity index (χ3v) is 2.03. The van der Waals surface area contributed by atoms with Gasteiger partial charge in [-0.3, -0.25) is 9.78 Å². The van der Waals surface area contributed by atoms with Crippen LogP contribution >= 0.6 is 11.6 Å². The van der Waals surface area contributed by atoms with Crippen LogP contribution in [0.25, 0.3) is 0 Å². The van der Waals surface area contributed by atoms with Crippen molar-refractivity contribution in [3.05, 3.63) is 29.1 Å². The average molecular weight is 236 g/mol. The number of aliphatic carboxylic acids is 1. The number of nitrogens with zero attached hydrogens (tertiary/aromatic N) is 1. The lowest BCUT2D eigenvalue weighted by molar-refractivity contribution is -0.136. The van der Waals surface area contributed by atoms with Crippen LogP contribution in [0.3, 0.4) is 0 Å². The highest BCUT2D eigenvalue weighted by atomic mass is 35.5. The van der Waals surface area contributed by atoms with E-state index in [2.05, 4.69) is 4.98 Å². The van der Waals surface area contributed by atoms with Gasteiger partial charge in [-0.25, -0.2) is 8.78 Å². The maximum absolute atomic E-state index is 12.3. The number of rotatable bonds is 4. The zero-order valence-electron chi connectivity index (χ0n) is 7.58. The Bertz CT molecular complexity index is 371. The van der Waals surface area contributed by atoms with E-state index in [0.717, 1.165) is 6.07 Å². The molecule has 0 bridgehead atoms. The number of hydrogen-bond donors (Lipinski definition) is 1. The van der Waals surface area contributed by atoms with Crippen molar-refractivity contribution in [2.24, 2.45) is 0 Å². The lowest BCUT2D eigenvalue weighted by Gasteiger charge is -2.06. The summed E-state index contributed by atoms with van der Waals surface area (Å²) in [5.41, 5.74) is 0.165. The molecule has 0 saturated carbocycles. The highest BCUT2D eigenvalue weighted by Gasteiger charge is 2.13. The minimum atomic E-state index is -2.68. The number of hydrogen-bond acceptors (Lipinski definition) is 2. The summed E-state index contributed by atoms with van der Waals surface area (Å²) in [6.45, 7) is 0. The van der Waals surface area contributed by atoms with E-state index in [1.165, 1.54) is 6.07 Å². The fourth-order valence-electron chi connectivity index (χ4n) is 1.11. The molecule has 82 valence electrons. The number of halogens is 3. The average Bonchev–Trinajstić information content (AvgIpc) is 2.17. The molecule has 0 aliphatic rings. The Morgan fingerprint density at radius 1 is 1.53 bits per heavy atom. The number of pyridine rings is 1. The van der Waals surface area contributed by atoms with E-state index in [4.69, 9.17) is 16.7 Å². The van der Waals surface area contributed by atoms with E-state index in [1.54, 1.807) is 0 Å². The zero-order valence-corrected chi connectivity index (χ0v) is 8.34. The van der Waals surface area contributed by atoms with Gasteiger partial charge in [0.25, 0.3) is 6.43 Å². The summed E-state index contributed by atoms with van der Waals surface area (Å²) < 4.78 is 24.5. The van der Waals surface area contributed by atoms with Crippen molar-refractivity contribution >= 4 is 17.6 Å². The van der Waals surface area contributed by atoms with Crippen molar-refractivity contribution in [2.45, 2.75) is 18.7 Å². The van der Waals surface area contributed by atoms with Crippen molar-refractivity contribution in [1.82, 2.24) is 4.98 Å². The van der Waals surface area contributed by atoms with Crippen LogP contribution in [0.1, 0.15) is 23.4 Å². The summed E-state index contributed by atoms with van der Waals surface area (Å²) in [5.74, 6) is -1.13.